The molecule has 0 bridgehead atoms. The van der Waals surface area contributed by atoms with Crippen LogP contribution < -0.4 is 10.2 Å². The van der Waals surface area contributed by atoms with E-state index < -0.39 is 0 Å². The van der Waals surface area contributed by atoms with E-state index in [0.29, 0.717) is 5.11 Å². The van der Waals surface area contributed by atoms with Gasteiger partial charge in [0, 0.05) is 42.6 Å². The Bertz CT molecular complexity index is 728. The van der Waals surface area contributed by atoms with Gasteiger partial charge in [-0.25, -0.2) is 4.39 Å². The number of aryl methyl sites for hydroxylation is 1. The molecular weight excluding hydrogens is 345 g/mol. The smallest absolute Gasteiger partial charge is 0.173 e. The first-order valence-corrected chi connectivity index (χ1v) is 8.64. The summed E-state index contributed by atoms with van der Waals surface area (Å²) in [5.74, 6) is -0.209. The summed E-state index contributed by atoms with van der Waals surface area (Å²) in [6, 6.07) is 12.5. The number of hydrogen-bond donors (Lipinski definition) is 1. The summed E-state index contributed by atoms with van der Waals surface area (Å²) in [6.07, 6.45) is 0. The van der Waals surface area contributed by atoms with Gasteiger partial charge in [-0.15, -0.1) is 0 Å². The highest BCUT2D eigenvalue weighted by molar-refractivity contribution is 7.80. The van der Waals surface area contributed by atoms with Crippen molar-refractivity contribution in [2.45, 2.75) is 6.92 Å². The summed E-state index contributed by atoms with van der Waals surface area (Å²) in [5.41, 5.74) is 2.98. The predicted molar refractivity (Wildman–Crippen MR) is 103 cm³/mol. The Kier molecular flexibility index (Phi) is 5.21. The molecule has 1 heterocycles. The standard InChI is InChI=1S/C18H19ClFN3S/c1-13-2-5-15(12-17(13)19)21-18(24)23-10-8-22(9-11-23)16-6-3-14(20)4-7-16/h2-7,12H,8-11H2,1H3,(H,21,24). The second kappa shape index (κ2) is 7.36. The van der Waals surface area contributed by atoms with E-state index in [2.05, 4.69) is 15.1 Å². The molecule has 1 aliphatic rings. The first-order chi connectivity index (χ1) is 11.5. The van der Waals surface area contributed by atoms with E-state index in [0.717, 1.165) is 48.1 Å². The quantitative estimate of drug-likeness (QED) is 0.801. The van der Waals surface area contributed by atoms with E-state index in [-0.39, 0.29) is 5.82 Å². The molecule has 126 valence electrons. The lowest BCUT2D eigenvalue weighted by molar-refractivity contribution is 0.391. The highest BCUT2D eigenvalue weighted by Gasteiger charge is 2.19. The highest BCUT2D eigenvalue weighted by Crippen LogP contribution is 2.21. The molecule has 24 heavy (non-hydrogen) atoms. The van der Waals surface area contributed by atoms with Gasteiger partial charge in [0.15, 0.2) is 5.11 Å². The fraction of sp³-hybridized carbons (Fsp3) is 0.278. The SMILES string of the molecule is Cc1ccc(NC(=S)N2CCN(c3ccc(F)cc3)CC2)cc1Cl. The first kappa shape index (κ1) is 17.0. The molecule has 3 rings (SSSR count). The van der Waals surface area contributed by atoms with Crippen LogP contribution in [0.15, 0.2) is 42.5 Å². The van der Waals surface area contributed by atoms with E-state index in [1.165, 1.54) is 12.1 Å². The second-order valence-electron chi connectivity index (χ2n) is 5.84. The summed E-state index contributed by atoms with van der Waals surface area (Å²) < 4.78 is 13.0. The summed E-state index contributed by atoms with van der Waals surface area (Å²) in [6.45, 7) is 5.31. The second-order valence-corrected chi connectivity index (χ2v) is 6.64. The Morgan fingerprint density at radius 3 is 2.38 bits per heavy atom. The molecule has 1 saturated heterocycles. The van der Waals surface area contributed by atoms with Crippen LogP contribution in [0.4, 0.5) is 15.8 Å². The van der Waals surface area contributed by atoms with Crippen LogP contribution in [0.1, 0.15) is 5.56 Å². The summed E-state index contributed by atoms with van der Waals surface area (Å²) in [7, 11) is 0. The number of piperazine rings is 1. The zero-order valence-corrected chi connectivity index (χ0v) is 15.0. The number of rotatable bonds is 2. The number of nitrogens with zero attached hydrogens (tertiary/aromatic N) is 2. The van der Waals surface area contributed by atoms with Crippen LogP contribution in [-0.4, -0.2) is 36.2 Å². The molecule has 0 unspecified atom stereocenters. The molecule has 0 atom stereocenters. The van der Waals surface area contributed by atoms with Crippen LogP contribution in [0.2, 0.25) is 5.02 Å². The van der Waals surface area contributed by atoms with Gasteiger partial charge in [-0.05, 0) is 61.1 Å². The number of nitrogens with one attached hydrogen (secondary N) is 1. The molecule has 1 aliphatic heterocycles. The lowest BCUT2D eigenvalue weighted by Gasteiger charge is -2.37. The van der Waals surface area contributed by atoms with Crippen molar-refractivity contribution in [3.8, 4) is 0 Å². The molecule has 0 aliphatic carbocycles. The molecular formula is C18H19ClFN3S. The summed E-state index contributed by atoms with van der Waals surface area (Å²) in [5, 5.41) is 4.67. The largest absolute Gasteiger partial charge is 0.368 e. The van der Waals surface area contributed by atoms with Crippen molar-refractivity contribution in [2.75, 3.05) is 36.4 Å². The van der Waals surface area contributed by atoms with E-state index in [4.69, 9.17) is 23.8 Å². The van der Waals surface area contributed by atoms with Gasteiger partial charge in [-0.2, -0.15) is 0 Å². The van der Waals surface area contributed by atoms with Gasteiger partial charge in [0.2, 0.25) is 0 Å². The van der Waals surface area contributed by atoms with Crippen molar-refractivity contribution in [2.24, 2.45) is 0 Å². The molecule has 6 heteroatoms. The highest BCUT2D eigenvalue weighted by atomic mass is 35.5. The Morgan fingerprint density at radius 1 is 1.08 bits per heavy atom. The third kappa shape index (κ3) is 3.97. The first-order valence-electron chi connectivity index (χ1n) is 7.85. The Balaban J connectivity index is 1.56. The van der Waals surface area contributed by atoms with E-state index in [1.54, 1.807) is 0 Å². The van der Waals surface area contributed by atoms with Crippen molar-refractivity contribution in [1.82, 2.24) is 4.90 Å². The monoisotopic (exact) mass is 363 g/mol. The van der Waals surface area contributed by atoms with Crippen molar-refractivity contribution in [1.29, 1.82) is 0 Å². The Morgan fingerprint density at radius 2 is 1.75 bits per heavy atom. The average Bonchev–Trinajstić information content (AvgIpc) is 2.59. The zero-order valence-electron chi connectivity index (χ0n) is 13.4. The topological polar surface area (TPSA) is 18.5 Å². The van der Waals surface area contributed by atoms with E-state index in [1.807, 2.05) is 37.3 Å². The van der Waals surface area contributed by atoms with E-state index >= 15 is 0 Å². The Hall–Kier alpha value is -1.85. The minimum atomic E-state index is -0.209. The maximum absolute atomic E-state index is 13.0. The van der Waals surface area contributed by atoms with Crippen LogP contribution in [0, 0.1) is 12.7 Å². The Labute approximate surface area is 152 Å². The lowest BCUT2D eigenvalue weighted by atomic mass is 10.2. The van der Waals surface area contributed by atoms with Crippen molar-refractivity contribution < 1.29 is 4.39 Å². The van der Waals surface area contributed by atoms with Crippen molar-refractivity contribution in [3.05, 3.63) is 58.9 Å². The molecule has 1 fully saturated rings. The maximum Gasteiger partial charge on any atom is 0.173 e. The van der Waals surface area contributed by atoms with Gasteiger partial charge < -0.3 is 15.1 Å². The van der Waals surface area contributed by atoms with Crippen LogP contribution in [0.3, 0.4) is 0 Å². The zero-order chi connectivity index (χ0) is 17.1. The number of halogens is 2. The fourth-order valence-corrected chi connectivity index (χ4v) is 3.17. The number of anilines is 2. The van der Waals surface area contributed by atoms with Crippen molar-refractivity contribution in [3.63, 3.8) is 0 Å². The molecule has 0 radical (unpaired) electrons. The molecule has 3 nitrogen and oxygen atoms in total. The fourth-order valence-electron chi connectivity index (χ4n) is 2.69. The van der Waals surface area contributed by atoms with Crippen LogP contribution in [0.25, 0.3) is 0 Å². The normalized spacial score (nSPS) is 14.6. The minimum absolute atomic E-state index is 0.209. The van der Waals surface area contributed by atoms with Crippen LogP contribution in [0.5, 0.6) is 0 Å². The van der Waals surface area contributed by atoms with Gasteiger partial charge in [-0.3, -0.25) is 0 Å². The third-order valence-corrected chi connectivity index (χ3v) is 4.95. The molecule has 1 N–H and O–H groups in total. The number of benzene rings is 2. The lowest BCUT2D eigenvalue weighted by Crippen LogP contribution is -2.50. The van der Waals surface area contributed by atoms with Gasteiger partial charge in [0.05, 0.1) is 0 Å². The average molecular weight is 364 g/mol. The summed E-state index contributed by atoms with van der Waals surface area (Å²) >= 11 is 11.7. The van der Waals surface area contributed by atoms with E-state index in [9.17, 15) is 4.39 Å². The van der Waals surface area contributed by atoms with Crippen molar-refractivity contribution >= 4 is 40.3 Å². The molecule has 0 spiro atoms. The predicted octanol–water partition coefficient (Wildman–Crippen LogP) is 4.31. The number of thiocarbonyl (C=S) groups is 1. The van der Waals surface area contributed by atoms with Gasteiger partial charge >= 0.3 is 0 Å². The van der Waals surface area contributed by atoms with Gasteiger partial charge in [-0.1, -0.05) is 17.7 Å². The molecule has 2 aromatic rings. The maximum atomic E-state index is 13.0. The van der Waals surface area contributed by atoms with Crippen LogP contribution in [-0.2, 0) is 0 Å². The minimum Gasteiger partial charge on any atom is -0.368 e. The molecule has 2 aromatic carbocycles. The molecule has 0 aromatic heterocycles. The molecule has 0 saturated carbocycles. The summed E-state index contributed by atoms with van der Waals surface area (Å²) in [4.78, 5) is 4.38. The van der Waals surface area contributed by atoms with Gasteiger partial charge in [0.25, 0.3) is 0 Å². The van der Waals surface area contributed by atoms with Gasteiger partial charge in [0.1, 0.15) is 5.82 Å². The molecule has 0 amide bonds. The van der Waals surface area contributed by atoms with Crippen LogP contribution >= 0.6 is 23.8 Å². The third-order valence-electron chi connectivity index (χ3n) is 4.18. The number of hydrogen-bond acceptors (Lipinski definition) is 2.